The molecule has 0 radical (unpaired) electrons. The molecule has 1 heterocycles. The number of hydrogen-bond donors (Lipinski definition) is 2. The first-order valence-corrected chi connectivity index (χ1v) is 9.66. The molecule has 2 unspecified atom stereocenters. The molecule has 0 aliphatic heterocycles. The summed E-state index contributed by atoms with van der Waals surface area (Å²) in [4.78, 5) is 4.55. The van der Waals surface area contributed by atoms with Crippen LogP contribution in [0, 0.1) is 0 Å². The van der Waals surface area contributed by atoms with E-state index in [0.29, 0.717) is 12.4 Å². The van der Waals surface area contributed by atoms with Crippen molar-refractivity contribution in [1.82, 2.24) is 4.98 Å². The summed E-state index contributed by atoms with van der Waals surface area (Å²) in [6.45, 7) is 0.0399. The van der Waals surface area contributed by atoms with Crippen LogP contribution >= 0.6 is 0 Å². The van der Waals surface area contributed by atoms with Gasteiger partial charge >= 0.3 is 0 Å². The number of aromatic nitrogens is 1. The number of pyridine rings is 1. The van der Waals surface area contributed by atoms with Crippen LogP contribution in [0.4, 0.5) is 0 Å². The van der Waals surface area contributed by atoms with Crippen molar-refractivity contribution >= 4 is 10.9 Å². The van der Waals surface area contributed by atoms with Gasteiger partial charge in [-0.1, -0.05) is 78.9 Å². The van der Waals surface area contributed by atoms with Gasteiger partial charge in [-0.05, 0) is 17.2 Å². The number of benzene rings is 3. The van der Waals surface area contributed by atoms with Gasteiger partial charge in [-0.2, -0.15) is 0 Å². The largest absolute Gasteiger partial charge is 0.486 e. The zero-order valence-electron chi connectivity index (χ0n) is 16.0. The second-order valence-corrected chi connectivity index (χ2v) is 6.97. The molecule has 0 amide bonds. The number of aliphatic hydroxyl groups excluding tert-OH is 2. The fourth-order valence-corrected chi connectivity index (χ4v) is 3.64. The average molecular weight is 385 g/mol. The molecular formula is C25H23NO3. The maximum atomic E-state index is 10.7. The third kappa shape index (κ3) is 4.14. The first kappa shape index (κ1) is 19.1. The van der Waals surface area contributed by atoms with Gasteiger partial charge in [0.1, 0.15) is 17.9 Å². The number of fused-ring (bicyclic) bond motifs is 1. The lowest BCUT2D eigenvalue weighted by molar-refractivity contribution is 0.0814. The third-order valence-corrected chi connectivity index (χ3v) is 5.05. The van der Waals surface area contributed by atoms with Crippen molar-refractivity contribution in [2.75, 3.05) is 6.61 Å². The minimum atomic E-state index is -0.961. The molecule has 4 rings (SSSR count). The van der Waals surface area contributed by atoms with Crippen LogP contribution in [-0.2, 0) is 6.61 Å². The van der Waals surface area contributed by atoms with Crippen molar-refractivity contribution < 1.29 is 14.9 Å². The maximum absolute atomic E-state index is 10.7. The van der Waals surface area contributed by atoms with Crippen molar-refractivity contribution in [1.29, 1.82) is 0 Å². The van der Waals surface area contributed by atoms with E-state index in [-0.39, 0.29) is 6.61 Å². The highest BCUT2D eigenvalue weighted by molar-refractivity contribution is 5.86. The molecule has 3 aromatic carbocycles. The van der Waals surface area contributed by atoms with Gasteiger partial charge in [0.05, 0.1) is 12.7 Å². The van der Waals surface area contributed by atoms with Crippen LogP contribution in [0.15, 0.2) is 91.1 Å². The normalized spacial score (nSPS) is 13.2. The molecule has 4 nitrogen and oxygen atoms in total. The van der Waals surface area contributed by atoms with Crippen molar-refractivity contribution in [2.45, 2.75) is 18.6 Å². The fourth-order valence-electron chi connectivity index (χ4n) is 3.64. The lowest BCUT2D eigenvalue weighted by atomic mass is 9.85. The van der Waals surface area contributed by atoms with Crippen molar-refractivity contribution in [3.05, 3.63) is 108 Å². The SMILES string of the molecule is OCC(O)C(c1ccccc1)c1ccc2cccnc2c1OCc1ccccc1. The summed E-state index contributed by atoms with van der Waals surface area (Å²) in [5.41, 5.74) is 3.51. The Morgan fingerprint density at radius 2 is 1.55 bits per heavy atom. The Hall–Kier alpha value is -3.21. The molecule has 2 atom stereocenters. The zero-order chi connectivity index (χ0) is 20.1. The summed E-state index contributed by atoms with van der Waals surface area (Å²) in [6.07, 6.45) is 0.777. The zero-order valence-corrected chi connectivity index (χ0v) is 16.0. The number of hydrogen-bond acceptors (Lipinski definition) is 4. The highest BCUT2D eigenvalue weighted by Crippen LogP contribution is 2.38. The Morgan fingerprint density at radius 1 is 0.828 bits per heavy atom. The second kappa shape index (κ2) is 8.86. The molecule has 0 spiro atoms. The highest BCUT2D eigenvalue weighted by atomic mass is 16.5. The Kier molecular flexibility index (Phi) is 5.84. The topological polar surface area (TPSA) is 62.6 Å². The van der Waals surface area contributed by atoms with Gasteiger partial charge in [0, 0.05) is 23.1 Å². The third-order valence-electron chi connectivity index (χ3n) is 5.05. The van der Waals surface area contributed by atoms with Gasteiger partial charge in [0.25, 0.3) is 0 Å². The molecule has 0 saturated carbocycles. The van der Waals surface area contributed by atoms with E-state index in [1.807, 2.05) is 84.9 Å². The second-order valence-electron chi connectivity index (χ2n) is 6.97. The highest BCUT2D eigenvalue weighted by Gasteiger charge is 2.27. The van der Waals surface area contributed by atoms with Crippen molar-refractivity contribution in [2.24, 2.45) is 0 Å². The van der Waals surface area contributed by atoms with Gasteiger partial charge in [-0.3, -0.25) is 4.98 Å². The number of aliphatic hydroxyl groups is 2. The Morgan fingerprint density at radius 3 is 2.28 bits per heavy atom. The van der Waals surface area contributed by atoms with Crippen molar-refractivity contribution in [3.63, 3.8) is 0 Å². The smallest absolute Gasteiger partial charge is 0.149 e. The molecule has 29 heavy (non-hydrogen) atoms. The van der Waals surface area contributed by atoms with E-state index >= 15 is 0 Å². The van der Waals surface area contributed by atoms with Crippen LogP contribution in [0.5, 0.6) is 5.75 Å². The summed E-state index contributed by atoms with van der Waals surface area (Å²) in [5.74, 6) is 0.201. The standard InChI is InChI=1S/C25H23NO3/c27-16-22(28)23(19-10-5-2-6-11-19)21-14-13-20-12-7-15-26-24(20)25(21)29-17-18-8-3-1-4-9-18/h1-15,22-23,27-28H,16-17H2. The van der Waals surface area contributed by atoms with Gasteiger partial charge < -0.3 is 14.9 Å². The average Bonchev–Trinajstić information content (AvgIpc) is 2.79. The summed E-state index contributed by atoms with van der Waals surface area (Å²) in [6, 6.07) is 27.4. The Bertz CT molecular complexity index is 1070. The van der Waals surface area contributed by atoms with E-state index in [9.17, 15) is 10.2 Å². The fraction of sp³-hybridized carbons (Fsp3) is 0.160. The molecule has 0 bridgehead atoms. The van der Waals surface area contributed by atoms with Crippen LogP contribution in [0.2, 0.25) is 0 Å². The Labute approximate surface area is 170 Å². The predicted molar refractivity (Wildman–Crippen MR) is 114 cm³/mol. The number of nitrogens with zero attached hydrogens (tertiary/aromatic N) is 1. The van der Waals surface area contributed by atoms with Crippen LogP contribution in [0.3, 0.4) is 0 Å². The molecule has 0 saturated heterocycles. The molecule has 146 valence electrons. The van der Waals surface area contributed by atoms with Crippen LogP contribution in [0.1, 0.15) is 22.6 Å². The molecule has 2 N–H and O–H groups in total. The Balaban J connectivity index is 1.83. The van der Waals surface area contributed by atoms with E-state index in [4.69, 9.17) is 4.74 Å². The molecular weight excluding hydrogens is 362 g/mol. The summed E-state index contributed by atoms with van der Waals surface area (Å²) >= 11 is 0. The maximum Gasteiger partial charge on any atom is 0.149 e. The molecule has 0 aliphatic carbocycles. The number of ether oxygens (including phenoxy) is 1. The van der Waals surface area contributed by atoms with Gasteiger partial charge in [-0.15, -0.1) is 0 Å². The van der Waals surface area contributed by atoms with Gasteiger partial charge in [0.15, 0.2) is 0 Å². The van der Waals surface area contributed by atoms with E-state index in [0.717, 1.165) is 27.6 Å². The van der Waals surface area contributed by atoms with Gasteiger partial charge in [-0.25, -0.2) is 0 Å². The summed E-state index contributed by atoms with van der Waals surface area (Å²) < 4.78 is 6.28. The lowest BCUT2D eigenvalue weighted by Gasteiger charge is -2.25. The summed E-state index contributed by atoms with van der Waals surface area (Å²) in [5, 5.41) is 21.4. The minimum absolute atomic E-state index is 0.349. The molecule has 0 fully saturated rings. The van der Waals surface area contributed by atoms with E-state index in [1.165, 1.54) is 0 Å². The van der Waals surface area contributed by atoms with Crippen LogP contribution in [0.25, 0.3) is 10.9 Å². The molecule has 4 aromatic rings. The summed E-state index contributed by atoms with van der Waals surface area (Å²) in [7, 11) is 0. The predicted octanol–water partition coefficient (Wildman–Crippen LogP) is 4.30. The first-order valence-electron chi connectivity index (χ1n) is 9.66. The quantitative estimate of drug-likeness (QED) is 0.498. The molecule has 1 aromatic heterocycles. The minimum Gasteiger partial charge on any atom is -0.486 e. The molecule has 0 aliphatic rings. The number of rotatable bonds is 7. The van der Waals surface area contributed by atoms with E-state index in [1.54, 1.807) is 6.20 Å². The van der Waals surface area contributed by atoms with E-state index < -0.39 is 12.0 Å². The first-order chi connectivity index (χ1) is 14.3. The molecule has 4 heteroatoms. The van der Waals surface area contributed by atoms with Crippen LogP contribution < -0.4 is 4.74 Å². The van der Waals surface area contributed by atoms with Gasteiger partial charge in [0.2, 0.25) is 0 Å². The van der Waals surface area contributed by atoms with Crippen LogP contribution in [-0.4, -0.2) is 27.9 Å². The monoisotopic (exact) mass is 385 g/mol. The van der Waals surface area contributed by atoms with E-state index in [2.05, 4.69) is 4.98 Å². The lowest BCUT2D eigenvalue weighted by Crippen LogP contribution is -2.24. The van der Waals surface area contributed by atoms with Crippen molar-refractivity contribution in [3.8, 4) is 5.75 Å².